The van der Waals surface area contributed by atoms with Crippen LogP contribution in [0.1, 0.15) is 23.8 Å². The lowest BCUT2D eigenvalue weighted by atomic mass is 10.1. The molecule has 6 heteroatoms. The Labute approximate surface area is 135 Å². The Morgan fingerprint density at radius 2 is 2.17 bits per heavy atom. The standard InChI is InChI=1S/C17H22N4O2/c1-2-13(12-21-6-8-22-9-7-21)10-14(3-1)16-19-17(23-20-16)15-4-5-18-11-15/h1-3,10,15,18H,4-9,11-12H2/t15-/m0/s1. The molecule has 2 aromatic rings. The van der Waals surface area contributed by atoms with Gasteiger partial charge in [-0.2, -0.15) is 4.98 Å². The number of rotatable bonds is 4. The minimum Gasteiger partial charge on any atom is -0.379 e. The predicted octanol–water partition coefficient (Wildman–Crippen LogP) is 1.65. The van der Waals surface area contributed by atoms with Crippen LogP contribution < -0.4 is 5.32 Å². The fourth-order valence-corrected chi connectivity index (χ4v) is 3.21. The normalized spacial score (nSPS) is 22.5. The lowest BCUT2D eigenvalue weighted by molar-refractivity contribution is 0.0342. The zero-order valence-corrected chi connectivity index (χ0v) is 13.2. The summed E-state index contributed by atoms with van der Waals surface area (Å²) >= 11 is 0. The molecular formula is C17H22N4O2. The first kappa shape index (κ1) is 14.8. The highest BCUT2D eigenvalue weighted by Gasteiger charge is 2.23. The van der Waals surface area contributed by atoms with Crippen LogP contribution in [0.2, 0.25) is 0 Å². The topological polar surface area (TPSA) is 63.4 Å². The van der Waals surface area contributed by atoms with Crippen molar-refractivity contribution in [1.29, 1.82) is 0 Å². The Morgan fingerprint density at radius 1 is 1.26 bits per heavy atom. The molecule has 0 spiro atoms. The molecule has 0 saturated carbocycles. The highest BCUT2D eigenvalue weighted by molar-refractivity contribution is 5.55. The molecule has 0 bridgehead atoms. The molecule has 23 heavy (non-hydrogen) atoms. The van der Waals surface area contributed by atoms with Gasteiger partial charge in [0.15, 0.2) is 0 Å². The molecule has 1 N–H and O–H groups in total. The average molecular weight is 314 g/mol. The lowest BCUT2D eigenvalue weighted by Gasteiger charge is -2.26. The lowest BCUT2D eigenvalue weighted by Crippen LogP contribution is -2.35. The SMILES string of the molecule is c1cc(CN2CCOCC2)cc(-c2noc([C@H]3CCNC3)n2)c1. The van der Waals surface area contributed by atoms with Crippen LogP contribution in [-0.2, 0) is 11.3 Å². The third-order valence-corrected chi connectivity index (χ3v) is 4.55. The van der Waals surface area contributed by atoms with Crippen molar-refractivity contribution >= 4 is 0 Å². The molecule has 0 radical (unpaired) electrons. The summed E-state index contributed by atoms with van der Waals surface area (Å²) in [6.07, 6.45) is 1.07. The van der Waals surface area contributed by atoms with Gasteiger partial charge in [0, 0.05) is 31.7 Å². The van der Waals surface area contributed by atoms with Crippen LogP contribution in [0, 0.1) is 0 Å². The Kier molecular flexibility index (Phi) is 4.37. The molecule has 0 unspecified atom stereocenters. The molecule has 4 rings (SSSR count). The van der Waals surface area contributed by atoms with Crippen LogP contribution in [0.15, 0.2) is 28.8 Å². The third-order valence-electron chi connectivity index (χ3n) is 4.55. The maximum atomic E-state index is 5.46. The summed E-state index contributed by atoms with van der Waals surface area (Å²) in [4.78, 5) is 7.01. The second-order valence-electron chi connectivity index (χ2n) is 6.23. The van der Waals surface area contributed by atoms with Gasteiger partial charge < -0.3 is 14.6 Å². The molecule has 2 aliphatic rings. The number of nitrogens with zero attached hydrogens (tertiary/aromatic N) is 3. The molecule has 2 fully saturated rings. The van der Waals surface area contributed by atoms with Crippen molar-refractivity contribution in [3.63, 3.8) is 0 Å². The molecule has 1 aromatic carbocycles. The second-order valence-corrected chi connectivity index (χ2v) is 6.23. The molecule has 2 saturated heterocycles. The van der Waals surface area contributed by atoms with Gasteiger partial charge in [0.1, 0.15) is 0 Å². The molecular weight excluding hydrogens is 292 g/mol. The number of morpholine rings is 1. The molecule has 1 aromatic heterocycles. The predicted molar refractivity (Wildman–Crippen MR) is 86.1 cm³/mol. The fraction of sp³-hybridized carbons (Fsp3) is 0.529. The van der Waals surface area contributed by atoms with Gasteiger partial charge in [-0.1, -0.05) is 23.4 Å². The van der Waals surface area contributed by atoms with Crippen molar-refractivity contribution < 1.29 is 9.26 Å². The van der Waals surface area contributed by atoms with Crippen LogP contribution in [-0.4, -0.2) is 54.4 Å². The van der Waals surface area contributed by atoms with E-state index in [0.717, 1.165) is 63.8 Å². The number of nitrogens with one attached hydrogen (secondary N) is 1. The summed E-state index contributed by atoms with van der Waals surface area (Å²) in [5.41, 5.74) is 2.30. The first-order chi connectivity index (χ1) is 11.4. The first-order valence-electron chi connectivity index (χ1n) is 8.32. The van der Waals surface area contributed by atoms with Crippen LogP contribution in [0.25, 0.3) is 11.4 Å². The number of benzene rings is 1. The Bertz CT molecular complexity index is 646. The fourth-order valence-electron chi connectivity index (χ4n) is 3.21. The van der Waals surface area contributed by atoms with Gasteiger partial charge in [0.2, 0.25) is 11.7 Å². The number of hydrogen-bond acceptors (Lipinski definition) is 6. The summed E-state index contributed by atoms with van der Waals surface area (Å²) in [5, 5.41) is 7.50. The van der Waals surface area contributed by atoms with E-state index in [1.807, 2.05) is 6.07 Å². The van der Waals surface area contributed by atoms with Crippen LogP contribution in [0.4, 0.5) is 0 Å². The van der Waals surface area contributed by atoms with Gasteiger partial charge in [-0.25, -0.2) is 0 Å². The summed E-state index contributed by atoms with van der Waals surface area (Å²) in [7, 11) is 0. The molecule has 0 aliphatic carbocycles. The smallest absolute Gasteiger partial charge is 0.231 e. The van der Waals surface area contributed by atoms with Crippen LogP contribution in [0.5, 0.6) is 0 Å². The maximum absolute atomic E-state index is 5.46. The second kappa shape index (κ2) is 6.78. The van der Waals surface area contributed by atoms with Crippen molar-refractivity contribution in [3.05, 3.63) is 35.7 Å². The third kappa shape index (κ3) is 3.44. The van der Waals surface area contributed by atoms with Gasteiger partial charge in [0.25, 0.3) is 0 Å². The van der Waals surface area contributed by atoms with E-state index in [1.54, 1.807) is 0 Å². The van der Waals surface area contributed by atoms with E-state index >= 15 is 0 Å². The van der Waals surface area contributed by atoms with Crippen LogP contribution >= 0.6 is 0 Å². The zero-order valence-electron chi connectivity index (χ0n) is 13.2. The van der Waals surface area contributed by atoms with Crippen molar-refractivity contribution in [3.8, 4) is 11.4 Å². The number of hydrogen-bond donors (Lipinski definition) is 1. The zero-order chi connectivity index (χ0) is 15.5. The van der Waals surface area contributed by atoms with E-state index in [2.05, 4.69) is 38.6 Å². The van der Waals surface area contributed by atoms with Crippen molar-refractivity contribution in [2.24, 2.45) is 0 Å². The molecule has 3 heterocycles. The highest BCUT2D eigenvalue weighted by atomic mass is 16.5. The minimum atomic E-state index is 0.354. The number of ether oxygens (including phenoxy) is 1. The highest BCUT2D eigenvalue weighted by Crippen LogP contribution is 2.24. The number of aromatic nitrogens is 2. The summed E-state index contributed by atoms with van der Waals surface area (Å²) in [6, 6.07) is 8.43. The minimum absolute atomic E-state index is 0.354. The van der Waals surface area contributed by atoms with Crippen LogP contribution in [0.3, 0.4) is 0 Å². The summed E-state index contributed by atoms with van der Waals surface area (Å²) in [5.74, 6) is 1.80. The Hall–Kier alpha value is -1.76. The van der Waals surface area contributed by atoms with Crippen molar-refractivity contribution in [2.75, 3.05) is 39.4 Å². The van der Waals surface area contributed by atoms with E-state index in [0.29, 0.717) is 11.7 Å². The van der Waals surface area contributed by atoms with E-state index in [-0.39, 0.29) is 0 Å². The summed E-state index contributed by atoms with van der Waals surface area (Å²) in [6.45, 7) is 6.52. The molecule has 6 nitrogen and oxygen atoms in total. The maximum Gasteiger partial charge on any atom is 0.231 e. The van der Waals surface area contributed by atoms with Gasteiger partial charge in [0.05, 0.1) is 19.1 Å². The average Bonchev–Trinajstić information content (AvgIpc) is 3.28. The van der Waals surface area contributed by atoms with Gasteiger partial charge in [-0.05, 0) is 24.6 Å². The van der Waals surface area contributed by atoms with E-state index in [4.69, 9.17) is 9.26 Å². The monoisotopic (exact) mass is 314 g/mol. The molecule has 1 atom stereocenters. The van der Waals surface area contributed by atoms with Crippen molar-refractivity contribution in [1.82, 2.24) is 20.4 Å². The quantitative estimate of drug-likeness (QED) is 0.926. The molecule has 2 aliphatic heterocycles. The van der Waals surface area contributed by atoms with E-state index in [9.17, 15) is 0 Å². The van der Waals surface area contributed by atoms with Gasteiger partial charge in [-0.15, -0.1) is 0 Å². The molecule has 0 amide bonds. The van der Waals surface area contributed by atoms with Gasteiger partial charge in [-0.3, -0.25) is 4.90 Å². The first-order valence-corrected chi connectivity index (χ1v) is 8.32. The van der Waals surface area contributed by atoms with Gasteiger partial charge >= 0.3 is 0 Å². The Balaban J connectivity index is 1.49. The Morgan fingerprint density at radius 3 is 3.00 bits per heavy atom. The largest absolute Gasteiger partial charge is 0.379 e. The van der Waals surface area contributed by atoms with E-state index < -0.39 is 0 Å². The summed E-state index contributed by atoms with van der Waals surface area (Å²) < 4.78 is 10.9. The molecule has 122 valence electrons. The van der Waals surface area contributed by atoms with E-state index in [1.165, 1.54) is 5.56 Å². The van der Waals surface area contributed by atoms with Crippen molar-refractivity contribution in [2.45, 2.75) is 18.9 Å².